The summed E-state index contributed by atoms with van der Waals surface area (Å²) in [6.45, 7) is 5.77. The van der Waals surface area contributed by atoms with E-state index in [1.807, 2.05) is 18.7 Å². The van der Waals surface area contributed by atoms with Crippen molar-refractivity contribution in [3.8, 4) is 0 Å². The Balaban J connectivity index is 2.36. The molecule has 1 aliphatic rings. The summed E-state index contributed by atoms with van der Waals surface area (Å²) in [5.41, 5.74) is 0. The van der Waals surface area contributed by atoms with Gasteiger partial charge in [-0.3, -0.25) is 4.79 Å². The highest BCUT2D eigenvalue weighted by atomic mass is 16.2. The molecule has 1 rings (SSSR count). The van der Waals surface area contributed by atoms with Crippen LogP contribution in [-0.4, -0.2) is 23.9 Å². The maximum atomic E-state index is 11.5. The van der Waals surface area contributed by atoms with Gasteiger partial charge in [-0.25, -0.2) is 0 Å². The Morgan fingerprint density at radius 3 is 2.27 bits per heavy atom. The van der Waals surface area contributed by atoms with Crippen molar-refractivity contribution in [2.24, 2.45) is 5.92 Å². The van der Waals surface area contributed by atoms with Gasteiger partial charge in [0.1, 0.15) is 0 Å². The average molecular weight is 154 g/mol. The third-order valence-corrected chi connectivity index (χ3v) is 2.33. The molecule has 0 heterocycles. The van der Waals surface area contributed by atoms with E-state index in [1.165, 1.54) is 0 Å². The van der Waals surface area contributed by atoms with Gasteiger partial charge in [0, 0.05) is 19.0 Å². The number of carbonyl (C=O) groups excluding carboxylic acids is 1. The lowest BCUT2D eigenvalue weighted by atomic mass is 9.84. The van der Waals surface area contributed by atoms with Gasteiger partial charge in [0.25, 0.3) is 0 Å². The maximum absolute atomic E-state index is 11.5. The molecular formula is C9H16NO. The zero-order chi connectivity index (χ0) is 8.27. The molecule has 63 valence electrons. The van der Waals surface area contributed by atoms with Crippen LogP contribution in [0.5, 0.6) is 0 Å². The van der Waals surface area contributed by atoms with Crippen molar-refractivity contribution in [3.05, 3.63) is 6.42 Å². The van der Waals surface area contributed by atoms with Crippen molar-refractivity contribution in [1.29, 1.82) is 0 Å². The lowest BCUT2D eigenvalue weighted by Crippen LogP contribution is -2.38. The molecule has 0 aliphatic heterocycles. The van der Waals surface area contributed by atoms with Gasteiger partial charge in [-0.05, 0) is 33.1 Å². The molecule has 0 aromatic heterocycles. The van der Waals surface area contributed by atoms with E-state index in [-0.39, 0.29) is 0 Å². The summed E-state index contributed by atoms with van der Waals surface area (Å²) in [6.07, 6.45) is 4.16. The van der Waals surface area contributed by atoms with E-state index in [1.54, 1.807) is 0 Å². The standard InChI is InChI=1S/C9H16NO/c1-3-10(4-2)9(11)8-6-5-7-8/h5,8H,3-4,6-7H2,1-2H3. The zero-order valence-electron chi connectivity index (χ0n) is 7.34. The molecule has 1 amide bonds. The van der Waals surface area contributed by atoms with E-state index in [9.17, 15) is 4.79 Å². The van der Waals surface area contributed by atoms with Crippen LogP contribution in [0.2, 0.25) is 0 Å². The Morgan fingerprint density at radius 1 is 1.45 bits per heavy atom. The molecule has 0 spiro atoms. The van der Waals surface area contributed by atoms with Crippen LogP contribution in [0.1, 0.15) is 26.7 Å². The summed E-state index contributed by atoms with van der Waals surface area (Å²) >= 11 is 0. The SMILES string of the molecule is CCN(CC)C(=O)C1C[CH]C1. The Hall–Kier alpha value is -0.530. The Morgan fingerprint density at radius 2 is 2.00 bits per heavy atom. The first-order valence-corrected chi connectivity index (χ1v) is 4.40. The number of hydrogen-bond acceptors (Lipinski definition) is 1. The van der Waals surface area contributed by atoms with E-state index in [0.717, 1.165) is 25.9 Å². The highest BCUT2D eigenvalue weighted by Gasteiger charge is 2.27. The fraction of sp³-hybridized carbons (Fsp3) is 0.778. The van der Waals surface area contributed by atoms with Gasteiger partial charge in [0.05, 0.1) is 0 Å². The predicted molar refractivity (Wildman–Crippen MR) is 45.0 cm³/mol. The first-order chi connectivity index (χ1) is 5.29. The van der Waals surface area contributed by atoms with Crippen molar-refractivity contribution in [1.82, 2.24) is 4.90 Å². The van der Waals surface area contributed by atoms with Crippen LogP contribution in [-0.2, 0) is 4.79 Å². The third-order valence-electron chi connectivity index (χ3n) is 2.33. The summed E-state index contributed by atoms with van der Waals surface area (Å²) in [6, 6.07) is 0. The molecule has 1 aliphatic carbocycles. The van der Waals surface area contributed by atoms with Crippen molar-refractivity contribution < 1.29 is 4.79 Å². The van der Waals surface area contributed by atoms with Gasteiger partial charge < -0.3 is 4.90 Å². The molecule has 0 bridgehead atoms. The molecule has 0 aromatic carbocycles. The molecule has 0 unspecified atom stereocenters. The first kappa shape index (κ1) is 8.57. The fourth-order valence-electron chi connectivity index (χ4n) is 1.33. The van der Waals surface area contributed by atoms with Gasteiger partial charge >= 0.3 is 0 Å². The van der Waals surface area contributed by atoms with E-state index in [0.29, 0.717) is 11.8 Å². The van der Waals surface area contributed by atoms with Crippen LogP contribution in [0.25, 0.3) is 0 Å². The highest BCUT2D eigenvalue weighted by Crippen LogP contribution is 2.26. The zero-order valence-corrected chi connectivity index (χ0v) is 7.34. The largest absolute Gasteiger partial charge is 0.343 e. The number of rotatable bonds is 3. The molecule has 0 saturated heterocycles. The molecule has 11 heavy (non-hydrogen) atoms. The molecule has 0 atom stereocenters. The van der Waals surface area contributed by atoms with Crippen molar-refractivity contribution in [3.63, 3.8) is 0 Å². The van der Waals surface area contributed by atoms with Crippen LogP contribution < -0.4 is 0 Å². The van der Waals surface area contributed by atoms with Gasteiger partial charge in [0.2, 0.25) is 5.91 Å². The minimum Gasteiger partial charge on any atom is -0.343 e. The molecule has 2 nitrogen and oxygen atoms in total. The molecule has 0 aromatic rings. The van der Waals surface area contributed by atoms with Gasteiger partial charge in [-0.2, -0.15) is 0 Å². The van der Waals surface area contributed by atoms with Crippen LogP contribution in [0.4, 0.5) is 0 Å². The monoisotopic (exact) mass is 154 g/mol. The molecule has 0 N–H and O–H groups in total. The first-order valence-electron chi connectivity index (χ1n) is 4.40. The smallest absolute Gasteiger partial charge is 0.225 e. The Kier molecular flexibility index (Phi) is 2.92. The maximum Gasteiger partial charge on any atom is 0.225 e. The molecule has 1 radical (unpaired) electrons. The second-order valence-corrected chi connectivity index (χ2v) is 2.97. The van der Waals surface area contributed by atoms with Crippen molar-refractivity contribution >= 4 is 5.91 Å². The van der Waals surface area contributed by atoms with Gasteiger partial charge in [0.15, 0.2) is 0 Å². The van der Waals surface area contributed by atoms with E-state index in [2.05, 4.69) is 6.42 Å². The minimum atomic E-state index is 0.315. The Labute approximate surface area is 68.6 Å². The quantitative estimate of drug-likeness (QED) is 0.602. The lowest BCUT2D eigenvalue weighted by Gasteiger charge is -2.29. The van der Waals surface area contributed by atoms with Crippen LogP contribution >= 0.6 is 0 Å². The van der Waals surface area contributed by atoms with Crippen molar-refractivity contribution in [2.75, 3.05) is 13.1 Å². The third kappa shape index (κ3) is 1.73. The number of amides is 1. The fourth-order valence-corrected chi connectivity index (χ4v) is 1.33. The van der Waals surface area contributed by atoms with Crippen LogP contribution in [0.15, 0.2) is 0 Å². The van der Waals surface area contributed by atoms with E-state index in [4.69, 9.17) is 0 Å². The summed E-state index contributed by atoms with van der Waals surface area (Å²) < 4.78 is 0. The second-order valence-electron chi connectivity index (χ2n) is 2.97. The van der Waals surface area contributed by atoms with E-state index < -0.39 is 0 Å². The summed E-state index contributed by atoms with van der Waals surface area (Å²) in [4.78, 5) is 13.4. The molecule has 2 heteroatoms. The molecule has 1 saturated carbocycles. The second kappa shape index (κ2) is 3.74. The summed E-state index contributed by atoms with van der Waals surface area (Å²) in [7, 11) is 0. The predicted octanol–water partition coefficient (Wildman–Crippen LogP) is 1.47. The number of hydrogen-bond donors (Lipinski definition) is 0. The normalized spacial score (nSPS) is 17.6. The average Bonchev–Trinajstić information content (AvgIpc) is 1.86. The summed E-state index contributed by atoms with van der Waals surface area (Å²) in [5.74, 6) is 0.660. The van der Waals surface area contributed by atoms with E-state index >= 15 is 0 Å². The van der Waals surface area contributed by atoms with Gasteiger partial charge in [-0.1, -0.05) is 0 Å². The topological polar surface area (TPSA) is 20.3 Å². The van der Waals surface area contributed by atoms with Crippen LogP contribution in [0.3, 0.4) is 0 Å². The lowest BCUT2D eigenvalue weighted by molar-refractivity contribution is -0.136. The highest BCUT2D eigenvalue weighted by molar-refractivity contribution is 5.80. The van der Waals surface area contributed by atoms with Crippen molar-refractivity contribution in [2.45, 2.75) is 26.7 Å². The minimum absolute atomic E-state index is 0.315. The number of carbonyl (C=O) groups is 1. The van der Waals surface area contributed by atoms with Crippen LogP contribution in [0, 0.1) is 12.3 Å². The molecule has 1 fully saturated rings. The molecular weight excluding hydrogens is 138 g/mol. The Bertz CT molecular complexity index is 136. The summed E-state index contributed by atoms with van der Waals surface area (Å²) in [5, 5.41) is 0. The van der Waals surface area contributed by atoms with Gasteiger partial charge in [-0.15, -0.1) is 0 Å². The number of nitrogens with zero attached hydrogens (tertiary/aromatic N) is 1.